The molecule has 0 saturated heterocycles. The second-order valence-electron chi connectivity index (χ2n) is 5.20. The molecule has 0 aliphatic carbocycles. The van der Waals surface area contributed by atoms with Crippen molar-refractivity contribution >= 4 is 11.7 Å². The molecular weight excluding hydrogens is 268 g/mol. The van der Waals surface area contributed by atoms with Gasteiger partial charge in [0.15, 0.2) is 0 Å². The number of hydrogen-bond acceptors (Lipinski definition) is 4. The van der Waals surface area contributed by atoms with Crippen molar-refractivity contribution in [1.29, 1.82) is 0 Å². The summed E-state index contributed by atoms with van der Waals surface area (Å²) in [5.41, 5.74) is 8.10. The summed E-state index contributed by atoms with van der Waals surface area (Å²) in [5.74, 6) is -0.362. The number of nitrogens with two attached hydrogens (primary N) is 1. The highest BCUT2D eigenvalue weighted by Gasteiger charge is 2.16. The van der Waals surface area contributed by atoms with Gasteiger partial charge in [-0.25, -0.2) is 4.79 Å². The molecule has 0 aliphatic rings. The third-order valence-corrected chi connectivity index (χ3v) is 3.46. The highest BCUT2D eigenvalue weighted by molar-refractivity contribution is 5.84. The van der Waals surface area contributed by atoms with Crippen LogP contribution in [0.2, 0.25) is 0 Å². The Hall–Kier alpha value is -2.27. The van der Waals surface area contributed by atoms with Crippen LogP contribution in [0.1, 0.15) is 27.8 Å². The summed E-state index contributed by atoms with van der Waals surface area (Å²) in [7, 11) is 3.98. The van der Waals surface area contributed by atoms with E-state index in [1.165, 1.54) is 6.07 Å². The van der Waals surface area contributed by atoms with Gasteiger partial charge >= 0.3 is 5.97 Å². The van der Waals surface area contributed by atoms with Gasteiger partial charge in [0.2, 0.25) is 5.76 Å². The van der Waals surface area contributed by atoms with Crippen LogP contribution >= 0.6 is 0 Å². The number of anilines is 1. The van der Waals surface area contributed by atoms with Crippen LogP contribution < -0.4 is 10.6 Å². The average molecular weight is 288 g/mol. The lowest BCUT2D eigenvalue weighted by Crippen LogP contribution is -2.16. The zero-order chi connectivity index (χ0) is 15.4. The largest absolute Gasteiger partial charge is 0.475 e. The molecule has 0 saturated carbocycles. The second-order valence-corrected chi connectivity index (χ2v) is 5.20. The van der Waals surface area contributed by atoms with Crippen LogP contribution in [0.5, 0.6) is 0 Å². The topological polar surface area (TPSA) is 79.7 Å². The molecule has 2 aromatic rings. The van der Waals surface area contributed by atoms with Crippen molar-refractivity contribution in [3.63, 3.8) is 0 Å². The predicted octanol–water partition coefficient (Wildman–Crippen LogP) is 2.33. The summed E-state index contributed by atoms with van der Waals surface area (Å²) in [6, 6.07) is 11.3. The van der Waals surface area contributed by atoms with Crippen LogP contribution in [0, 0.1) is 0 Å². The monoisotopic (exact) mass is 288 g/mol. The minimum absolute atomic E-state index is 0.0391. The van der Waals surface area contributed by atoms with Gasteiger partial charge in [0.05, 0.1) is 0 Å². The molecule has 112 valence electrons. The molecule has 1 aromatic carbocycles. The van der Waals surface area contributed by atoms with Gasteiger partial charge in [0.1, 0.15) is 5.76 Å². The van der Waals surface area contributed by atoms with Crippen molar-refractivity contribution in [2.75, 3.05) is 25.5 Å². The third kappa shape index (κ3) is 3.64. The number of hydrogen-bond donors (Lipinski definition) is 2. The van der Waals surface area contributed by atoms with Gasteiger partial charge in [0, 0.05) is 32.1 Å². The summed E-state index contributed by atoms with van der Waals surface area (Å²) in [4.78, 5) is 12.9. The van der Waals surface area contributed by atoms with Gasteiger partial charge in [-0.2, -0.15) is 0 Å². The molecule has 2 rings (SSSR count). The standard InChI is InChI=1S/C16H20N2O3/c1-18(2)13-5-3-4-11(8-13)12(10-17)9-14-6-7-15(21-14)16(19)20/h3-8,12H,9-10,17H2,1-2H3,(H,19,20). The van der Waals surface area contributed by atoms with E-state index in [0.717, 1.165) is 11.3 Å². The minimum Gasteiger partial charge on any atom is -0.475 e. The Kier molecular flexibility index (Phi) is 4.65. The van der Waals surface area contributed by atoms with E-state index in [-0.39, 0.29) is 11.7 Å². The molecule has 0 spiro atoms. The number of aromatic carboxylic acids is 1. The van der Waals surface area contributed by atoms with Crippen molar-refractivity contribution in [3.8, 4) is 0 Å². The number of carbonyl (C=O) groups is 1. The van der Waals surface area contributed by atoms with Crippen LogP contribution in [0.25, 0.3) is 0 Å². The number of carboxylic acid groups (broad SMARTS) is 1. The quantitative estimate of drug-likeness (QED) is 0.852. The zero-order valence-corrected chi connectivity index (χ0v) is 12.2. The molecule has 1 heterocycles. The van der Waals surface area contributed by atoms with Crippen molar-refractivity contribution < 1.29 is 14.3 Å². The number of furan rings is 1. The van der Waals surface area contributed by atoms with E-state index in [1.54, 1.807) is 6.07 Å². The maximum atomic E-state index is 10.8. The van der Waals surface area contributed by atoms with E-state index in [2.05, 4.69) is 6.07 Å². The summed E-state index contributed by atoms with van der Waals surface area (Å²) < 4.78 is 5.31. The van der Waals surface area contributed by atoms with Gasteiger partial charge < -0.3 is 20.2 Å². The zero-order valence-electron chi connectivity index (χ0n) is 12.2. The lowest BCUT2D eigenvalue weighted by atomic mass is 9.94. The maximum Gasteiger partial charge on any atom is 0.371 e. The first kappa shape index (κ1) is 15.1. The fourth-order valence-electron chi connectivity index (χ4n) is 2.24. The molecule has 1 unspecified atom stereocenters. The molecule has 0 fully saturated rings. The van der Waals surface area contributed by atoms with E-state index in [4.69, 9.17) is 15.3 Å². The first-order chi connectivity index (χ1) is 10.0. The van der Waals surface area contributed by atoms with Crippen LogP contribution in [0.3, 0.4) is 0 Å². The molecule has 0 amide bonds. The molecule has 21 heavy (non-hydrogen) atoms. The van der Waals surface area contributed by atoms with Crippen molar-refractivity contribution in [3.05, 3.63) is 53.5 Å². The molecular formula is C16H20N2O3. The SMILES string of the molecule is CN(C)c1cccc(C(CN)Cc2ccc(C(=O)O)o2)c1. The predicted molar refractivity (Wildman–Crippen MR) is 81.9 cm³/mol. The van der Waals surface area contributed by atoms with Crippen LogP contribution in [-0.4, -0.2) is 31.7 Å². The molecule has 5 nitrogen and oxygen atoms in total. The number of rotatable bonds is 6. The fourth-order valence-corrected chi connectivity index (χ4v) is 2.24. The molecule has 1 aromatic heterocycles. The van der Waals surface area contributed by atoms with Crippen molar-refractivity contribution in [1.82, 2.24) is 0 Å². The molecule has 0 bridgehead atoms. The molecule has 3 N–H and O–H groups in total. The van der Waals surface area contributed by atoms with Crippen molar-refractivity contribution in [2.45, 2.75) is 12.3 Å². The normalized spacial score (nSPS) is 12.1. The smallest absolute Gasteiger partial charge is 0.371 e. The average Bonchev–Trinajstić information content (AvgIpc) is 2.93. The van der Waals surface area contributed by atoms with Gasteiger partial charge in [-0.05, 0) is 36.4 Å². The molecule has 1 atom stereocenters. The molecule has 5 heteroatoms. The van der Waals surface area contributed by atoms with E-state index >= 15 is 0 Å². The van der Waals surface area contributed by atoms with E-state index in [0.29, 0.717) is 18.7 Å². The van der Waals surface area contributed by atoms with Gasteiger partial charge in [-0.3, -0.25) is 0 Å². The fraction of sp³-hybridized carbons (Fsp3) is 0.312. The van der Waals surface area contributed by atoms with Gasteiger partial charge in [0.25, 0.3) is 0 Å². The first-order valence-electron chi connectivity index (χ1n) is 6.80. The van der Waals surface area contributed by atoms with Gasteiger partial charge in [-0.1, -0.05) is 12.1 Å². The lowest BCUT2D eigenvalue weighted by Gasteiger charge is -2.18. The highest BCUT2D eigenvalue weighted by atomic mass is 16.4. The minimum atomic E-state index is -1.06. The van der Waals surface area contributed by atoms with Crippen LogP contribution in [0.4, 0.5) is 5.69 Å². The third-order valence-electron chi connectivity index (χ3n) is 3.46. The Balaban J connectivity index is 2.19. The van der Waals surface area contributed by atoms with Crippen molar-refractivity contribution in [2.24, 2.45) is 5.73 Å². The summed E-state index contributed by atoms with van der Waals surface area (Å²) in [6.07, 6.45) is 0.584. The molecule has 0 aliphatic heterocycles. The van der Waals surface area contributed by atoms with Crippen LogP contribution in [0.15, 0.2) is 40.8 Å². The summed E-state index contributed by atoms with van der Waals surface area (Å²) >= 11 is 0. The van der Waals surface area contributed by atoms with E-state index in [9.17, 15) is 4.79 Å². The van der Waals surface area contributed by atoms with Crippen LogP contribution in [-0.2, 0) is 6.42 Å². The Bertz CT molecular complexity index is 619. The van der Waals surface area contributed by atoms with Gasteiger partial charge in [-0.15, -0.1) is 0 Å². The Morgan fingerprint density at radius 3 is 2.67 bits per heavy atom. The number of carboxylic acids is 1. The maximum absolute atomic E-state index is 10.8. The Labute approximate surface area is 124 Å². The first-order valence-corrected chi connectivity index (χ1v) is 6.80. The summed E-state index contributed by atoms with van der Waals surface area (Å²) in [6.45, 7) is 0.472. The second kappa shape index (κ2) is 6.45. The Morgan fingerprint density at radius 2 is 2.10 bits per heavy atom. The van der Waals surface area contributed by atoms with E-state index < -0.39 is 5.97 Å². The highest BCUT2D eigenvalue weighted by Crippen LogP contribution is 2.24. The number of benzene rings is 1. The molecule has 0 radical (unpaired) electrons. The lowest BCUT2D eigenvalue weighted by molar-refractivity contribution is 0.0660. The van der Waals surface area contributed by atoms with E-state index in [1.807, 2.05) is 37.2 Å². The summed E-state index contributed by atoms with van der Waals surface area (Å²) in [5, 5.41) is 8.88. The Morgan fingerprint density at radius 1 is 1.33 bits per heavy atom. The number of nitrogens with zero attached hydrogens (tertiary/aromatic N) is 1.